The molecule has 2 heterocycles. The summed E-state index contributed by atoms with van der Waals surface area (Å²) in [5, 5.41) is 5.24. The van der Waals surface area contributed by atoms with Crippen LogP contribution in [0.25, 0.3) is 22.4 Å². The molecule has 0 spiro atoms. The number of nitrogens with zero attached hydrogens (tertiary/aromatic N) is 4. The SMILES string of the molecule is Cc1nc(N)c(C(C)c2cccc(-c3cnn(C)c3)c2)c(-c2ccc(Cl)c(Cl)c2)n1. The molecule has 0 saturated heterocycles. The Morgan fingerprint density at radius 1 is 0.967 bits per heavy atom. The van der Waals surface area contributed by atoms with Crippen molar-refractivity contribution < 1.29 is 0 Å². The molecule has 0 aliphatic rings. The van der Waals surface area contributed by atoms with Gasteiger partial charge < -0.3 is 5.73 Å². The Kier molecular flexibility index (Phi) is 5.50. The fraction of sp³-hybridized carbons (Fsp3) is 0.174. The monoisotopic (exact) mass is 437 g/mol. The number of halogens is 2. The number of hydrogen-bond donors (Lipinski definition) is 1. The summed E-state index contributed by atoms with van der Waals surface area (Å²) in [6.45, 7) is 3.93. The minimum atomic E-state index is -0.0355. The second kappa shape index (κ2) is 8.09. The van der Waals surface area contributed by atoms with Crippen LogP contribution >= 0.6 is 23.2 Å². The molecule has 1 unspecified atom stereocenters. The van der Waals surface area contributed by atoms with Crippen molar-refractivity contribution in [1.82, 2.24) is 19.7 Å². The van der Waals surface area contributed by atoms with E-state index in [1.165, 1.54) is 0 Å². The summed E-state index contributed by atoms with van der Waals surface area (Å²) in [6.07, 6.45) is 3.85. The van der Waals surface area contributed by atoms with Gasteiger partial charge in [-0.3, -0.25) is 4.68 Å². The van der Waals surface area contributed by atoms with Gasteiger partial charge in [0.2, 0.25) is 0 Å². The first-order valence-electron chi connectivity index (χ1n) is 9.52. The molecule has 0 fully saturated rings. The molecule has 0 bridgehead atoms. The smallest absolute Gasteiger partial charge is 0.131 e. The highest BCUT2D eigenvalue weighted by atomic mass is 35.5. The number of aromatic nitrogens is 4. The van der Waals surface area contributed by atoms with E-state index in [4.69, 9.17) is 33.9 Å². The summed E-state index contributed by atoms with van der Waals surface area (Å²) < 4.78 is 1.79. The minimum absolute atomic E-state index is 0.0355. The van der Waals surface area contributed by atoms with Gasteiger partial charge in [0, 0.05) is 35.9 Å². The lowest BCUT2D eigenvalue weighted by Crippen LogP contribution is -2.09. The lowest BCUT2D eigenvalue weighted by molar-refractivity contribution is 0.768. The average Bonchev–Trinajstić information content (AvgIpc) is 3.15. The van der Waals surface area contributed by atoms with Crippen molar-refractivity contribution in [3.05, 3.63) is 81.9 Å². The van der Waals surface area contributed by atoms with Crippen LogP contribution in [-0.4, -0.2) is 19.7 Å². The van der Waals surface area contributed by atoms with Crippen molar-refractivity contribution in [1.29, 1.82) is 0 Å². The van der Waals surface area contributed by atoms with E-state index in [2.05, 4.69) is 35.2 Å². The lowest BCUT2D eigenvalue weighted by Gasteiger charge is -2.19. The Morgan fingerprint density at radius 2 is 1.77 bits per heavy atom. The molecule has 0 saturated carbocycles. The maximum absolute atomic E-state index is 6.39. The van der Waals surface area contributed by atoms with E-state index >= 15 is 0 Å². The Labute approximate surface area is 185 Å². The van der Waals surface area contributed by atoms with Gasteiger partial charge in [0.15, 0.2) is 0 Å². The number of benzene rings is 2. The fourth-order valence-corrected chi connectivity index (χ4v) is 3.92. The quantitative estimate of drug-likeness (QED) is 0.431. The highest BCUT2D eigenvalue weighted by Crippen LogP contribution is 2.38. The van der Waals surface area contributed by atoms with Gasteiger partial charge in [0.05, 0.1) is 21.9 Å². The Bertz CT molecular complexity index is 1230. The van der Waals surface area contributed by atoms with Crippen LogP contribution in [0.5, 0.6) is 0 Å². The molecule has 0 aliphatic carbocycles. The van der Waals surface area contributed by atoms with Crippen LogP contribution in [-0.2, 0) is 7.05 Å². The van der Waals surface area contributed by atoms with Gasteiger partial charge in [-0.2, -0.15) is 5.10 Å². The first-order valence-corrected chi connectivity index (χ1v) is 10.3. The van der Waals surface area contributed by atoms with Crippen LogP contribution < -0.4 is 5.73 Å². The van der Waals surface area contributed by atoms with Gasteiger partial charge in [0.1, 0.15) is 11.6 Å². The van der Waals surface area contributed by atoms with Crippen molar-refractivity contribution in [2.24, 2.45) is 7.05 Å². The summed E-state index contributed by atoms with van der Waals surface area (Å²) in [5.74, 6) is 1.03. The molecule has 4 rings (SSSR count). The zero-order valence-electron chi connectivity index (χ0n) is 16.9. The molecule has 152 valence electrons. The fourth-order valence-electron chi connectivity index (χ4n) is 3.62. The van der Waals surface area contributed by atoms with E-state index < -0.39 is 0 Å². The standard InChI is InChI=1S/C23H21Cl2N5/c1-13(15-5-4-6-16(9-15)18-11-27-30(3)12-18)21-22(28-14(2)29-23(21)26)17-7-8-19(24)20(25)10-17/h4-13H,1-3H3,(H2,26,28,29). The average molecular weight is 438 g/mol. The Balaban J connectivity index is 1.83. The summed E-state index contributed by atoms with van der Waals surface area (Å²) in [6, 6.07) is 13.8. The molecular weight excluding hydrogens is 417 g/mol. The van der Waals surface area contributed by atoms with Gasteiger partial charge in [-0.1, -0.05) is 60.5 Å². The van der Waals surface area contributed by atoms with E-state index in [9.17, 15) is 0 Å². The summed E-state index contributed by atoms with van der Waals surface area (Å²) in [5.41, 5.74) is 12.1. The van der Waals surface area contributed by atoms with E-state index in [1.807, 2.05) is 44.6 Å². The number of nitrogens with two attached hydrogens (primary N) is 1. The maximum atomic E-state index is 6.39. The van der Waals surface area contributed by atoms with E-state index in [0.29, 0.717) is 21.7 Å². The van der Waals surface area contributed by atoms with Crippen LogP contribution in [0.2, 0.25) is 10.0 Å². The topological polar surface area (TPSA) is 69.6 Å². The van der Waals surface area contributed by atoms with Crippen LogP contribution in [0.1, 0.15) is 29.8 Å². The maximum Gasteiger partial charge on any atom is 0.131 e. The normalized spacial score (nSPS) is 12.2. The predicted molar refractivity (Wildman–Crippen MR) is 123 cm³/mol. The van der Waals surface area contributed by atoms with Crippen LogP contribution in [0.15, 0.2) is 54.9 Å². The lowest BCUT2D eigenvalue weighted by atomic mass is 9.88. The third-order valence-corrected chi connectivity index (χ3v) is 5.88. The molecule has 5 nitrogen and oxygen atoms in total. The number of aryl methyl sites for hydroxylation is 2. The molecule has 0 radical (unpaired) electrons. The van der Waals surface area contributed by atoms with Crippen molar-refractivity contribution >= 4 is 29.0 Å². The van der Waals surface area contributed by atoms with Gasteiger partial charge in [-0.05, 0) is 30.2 Å². The third-order valence-electron chi connectivity index (χ3n) is 5.14. The predicted octanol–water partition coefficient (Wildman–Crippen LogP) is 5.89. The molecule has 0 amide bonds. The molecule has 30 heavy (non-hydrogen) atoms. The van der Waals surface area contributed by atoms with E-state index in [0.717, 1.165) is 33.5 Å². The van der Waals surface area contributed by atoms with Gasteiger partial charge >= 0.3 is 0 Å². The molecule has 7 heteroatoms. The Hall–Kier alpha value is -2.89. The van der Waals surface area contributed by atoms with Crippen molar-refractivity contribution in [3.8, 4) is 22.4 Å². The van der Waals surface area contributed by atoms with Gasteiger partial charge in [0.25, 0.3) is 0 Å². The molecule has 2 aromatic heterocycles. The summed E-state index contributed by atoms with van der Waals surface area (Å²) >= 11 is 12.4. The largest absolute Gasteiger partial charge is 0.383 e. The first kappa shape index (κ1) is 20.4. The molecule has 4 aromatic rings. The van der Waals surface area contributed by atoms with Crippen LogP contribution in [0, 0.1) is 6.92 Å². The molecular formula is C23H21Cl2N5. The number of rotatable bonds is 4. The van der Waals surface area contributed by atoms with Crippen molar-refractivity contribution in [2.75, 3.05) is 5.73 Å². The minimum Gasteiger partial charge on any atom is -0.383 e. The van der Waals surface area contributed by atoms with E-state index in [1.54, 1.807) is 10.7 Å². The third kappa shape index (κ3) is 3.91. The van der Waals surface area contributed by atoms with Crippen molar-refractivity contribution in [2.45, 2.75) is 19.8 Å². The zero-order valence-corrected chi connectivity index (χ0v) is 18.4. The molecule has 2 N–H and O–H groups in total. The number of nitrogen functional groups attached to an aromatic ring is 1. The highest BCUT2D eigenvalue weighted by Gasteiger charge is 2.21. The van der Waals surface area contributed by atoms with E-state index in [-0.39, 0.29) is 5.92 Å². The van der Waals surface area contributed by atoms with Crippen molar-refractivity contribution in [3.63, 3.8) is 0 Å². The molecule has 2 aromatic carbocycles. The second-order valence-electron chi connectivity index (χ2n) is 7.30. The summed E-state index contributed by atoms with van der Waals surface area (Å²) in [4.78, 5) is 9.12. The van der Waals surface area contributed by atoms with Crippen LogP contribution in [0.4, 0.5) is 5.82 Å². The molecule has 0 aliphatic heterocycles. The number of anilines is 1. The highest BCUT2D eigenvalue weighted by molar-refractivity contribution is 6.42. The van der Waals surface area contributed by atoms with Gasteiger partial charge in [-0.15, -0.1) is 0 Å². The molecule has 1 atom stereocenters. The first-order chi connectivity index (χ1) is 14.3. The van der Waals surface area contributed by atoms with Gasteiger partial charge in [-0.25, -0.2) is 9.97 Å². The zero-order chi connectivity index (χ0) is 21.4. The summed E-state index contributed by atoms with van der Waals surface area (Å²) in [7, 11) is 1.91. The second-order valence-corrected chi connectivity index (χ2v) is 8.11. The van der Waals surface area contributed by atoms with Crippen LogP contribution in [0.3, 0.4) is 0 Å². The number of hydrogen-bond acceptors (Lipinski definition) is 4. The Morgan fingerprint density at radius 3 is 2.47 bits per heavy atom.